The molecule has 8 heteroatoms. The number of benzene rings is 1. The molecule has 3 rings (SSSR count). The van der Waals surface area contributed by atoms with E-state index in [4.69, 9.17) is 0 Å². The van der Waals surface area contributed by atoms with Crippen molar-refractivity contribution in [3.8, 4) is 5.69 Å². The minimum absolute atomic E-state index is 0.0529. The topological polar surface area (TPSA) is 66.3 Å². The van der Waals surface area contributed by atoms with Crippen LogP contribution in [-0.4, -0.2) is 57.3 Å². The molecule has 2 aromatic heterocycles. The van der Waals surface area contributed by atoms with E-state index in [0.717, 1.165) is 24.3 Å². The summed E-state index contributed by atoms with van der Waals surface area (Å²) < 4.78 is 1.71. The van der Waals surface area contributed by atoms with Crippen LogP contribution in [0.5, 0.6) is 0 Å². The lowest BCUT2D eigenvalue weighted by Crippen LogP contribution is -2.43. The van der Waals surface area contributed by atoms with E-state index < -0.39 is 0 Å². The molecule has 2 unspecified atom stereocenters. The smallest absolute Gasteiger partial charge is 0.317 e. The zero-order chi connectivity index (χ0) is 21.5. The fourth-order valence-electron chi connectivity index (χ4n) is 3.54. The molecule has 0 fully saturated rings. The van der Waals surface area contributed by atoms with Crippen LogP contribution in [0.15, 0.2) is 53.7 Å². The Morgan fingerprint density at radius 2 is 1.90 bits per heavy atom. The van der Waals surface area contributed by atoms with Crippen LogP contribution in [0, 0.1) is 0 Å². The van der Waals surface area contributed by atoms with Gasteiger partial charge in [-0.1, -0.05) is 26.0 Å². The average Bonchev–Trinajstić information content (AvgIpc) is 3.50. The summed E-state index contributed by atoms with van der Waals surface area (Å²) in [5.41, 5.74) is 3.26. The van der Waals surface area contributed by atoms with Crippen LogP contribution in [0.25, 0.3) is 5.69 Å². The summed E-state index contributed by atoms with van der Waals surface area (Å²) in [5, 5.41) is 11.5. The summed E-state index contributed by atoms with van der Waals surface area (Å²) in [6, 6.07) is 10.2. The minimum atomic E-state index is -0.0739. The Bertz CT molecular complexity index is 890. The summed E-state index contributed by atoms with van der Waals surface area (Å²) in [4.78, 5) is 21.0. The number of carbonyl (C=O) groups is 1. The van der Waals surface area contributed by atoms with Gasteiger partial charge in [0.2, 0.25) is 0 Å². The molecule has 0 saturated heterocycles. The quantitative estimate of drug-likeness (QED) is 0.559. The van der Waals surface area contributed by atoms with Crippen LogP contribution < -0.4 is 5.32 Å². The summed E-state index contributed by atoms with van der Waals surface area (Å²) in [5.74, 6) is 0. The van der Waals surface area contributed by atoms with Crippen LogP contribution in [0.1, 0.15) is 44.0 Å². The first-order valence-electron chi connectivity index (χ1n) is 10.3. The maximum atomic E-state index is 12.9. The van der Waals surface area contributed by atoms with Crippen molar-refractivity contribution in [2.24, 2.45) is 0 Å². The Kier molecular flexibility index (Phi) is 7.59. The lowest BCUT2D eigenvalue weighted by Gasteiger charge is -2.31. The van der Waals surface area contributed by atoms with Crippen molar-refractivity contribution in [2.75, 3.05) is 26.7 Å². The molecule has 3 aromatic rings. The second kappa shape index (κ2) is 10.4. The van der Waals surface area contributed by atoms with Gasteiger partial charge in [0, 0.05) is 13.6 Å². The van der Waals surface area contributed by atoms with Gasteiger partial charge in [0.25, 0.3) is 0 Å². The zero-order valence-corrected chi connectivity index (χ0v) is 18.8. The molecule has 2 heterocycles. The summed E-state index contributed by atoms with van der Waals surface area (Å²) in [6.45, 7) is 8.81. The van der Waals surface area contributed by atoms with Crippen molar-refractivity contribution in [1.29, 1.82) is 0 Å². The monoisotopic (exact) mass is 426 g/mol. The number of nitrogens with zero attached hydrogens (tertiary/aromatic N) is 5. The third-order valence-corrected chi connectivity index (χ3v) is 6.29. The molecular formula is C22H30N6OS. The SMILES string of the molecule is CCN(CC)C(CNC(=O)N(C)C(C)c1ccc(-n2cncn2)cc1)c1ccsc1. The van der Waals surface area contributed by atoms with Gasteiger partial charge in [-0.05, 0) is 60.1 Å². The third kappa shape index (κ3) is 5.06. The van der Waals surface area contributed by atoms with E-state index in [1.54, 1.807) is 27.2 Å². The Morgan fingerprint density at radius 3 is 2.47 bits per heavy atom. The van der Waals surface area contributed by atoms with Gasteiger partial charge in [-0.15, -0.1) is 0 Å². The molecule has 0 aliphatic rings. The molecule has 2 atom stereocenters. The van der Waals surface area contributed by atoms with Crippen molar-refractivity contribution in [2.45, 2.75) is 32.9 Å². The number of likely N-dealkylation sites (N-methyl/N-ethyl adjacent to an activating group) is 1. The van der Waals surface area contributed by atoms with Gasteiger partial charge in [0.1, 0.15) is 12.7 Å². The average molecular weight is 427 g/mol. The van der Waals surface area contributed by atoms with Crippen LogP contribution in [0.2, 0.25) is 0 Å². The number of urea groups is 1. The highest BCUT2D eigenvalue weighted by Crippen LogP contribution is 2.23. The summed E-state index contributed by atoms with van der Waals surface area (Å²) in [6.07, 6.45) is 3.17. The third-order valence-electron chi connectivity index (χ3n) is 5.59. The summed E-state index contributed by atoms with van der Waals surface area (Å²) in [7, 11) is 1.84. The van der Waals surface area contributed by atoms with Gasteiger partial charge in [0.05, 0.1) is 17.8 Å². The first kappa shape index (κ1) is 22.0. The van der Waals surface area contributed by atoms with Crippen molar-refractivity contribution in [3.63, 3.8) is 0 Å². The first-order chi connectivity index (χ1) is 14.5. The van der Waals surface area contributed by atoms with E-state index in [1.165, 1.54) is 11.9 Å². The lowest BCUT2D eigenvalue weighted by molar-refractivity contribution is 0.180. The molecule has 0 spiro atoms. The van der Waals surface area contributed by atoms with E-state index >= 15 is 0 Å². The minimum Gasteiger partial charge on any atom is -0.336 e. The molecule has 0 radical (unpaired) electrons. The van der Waals surface area contributed by atoms with Gasteiger partial charge in [0.15, 0.2) is 0 Å². The van der Waals surface area contributed by atoms with Crippen molar-refractivity contribution >= 4 is 17.4 Å². The molecule has 7 nitrogen and oxygen atoms in total. The molecule has 30 heavy (non-hydrogen) atoms. The predicted molar refractivity (Wildman–Crippen MR) is 121 cm³/mol. The molecular weight excluding hydrogens is 396 g/mol. The van der Waals surface area contributed by atoms with Crippen LogP contribution in [0.3, 0.4) is 0 Å². The van der Waals surface area contributed by atoms with E-state index in [9.17, 15) is 4.79 Å². The van der Waals surface area contributed by atoms with Gasteiger partial charge in [-0.3, -0.25) is 4.90 Å². The van der Waals surface area contributed by atoms with Crippen LogP contribution >= 0.6 is 11.3 Å². The molecule has 160 valence electrons. The molecule has 0 aliphatic carbocycles. The number of hydrogen-bond donors (Lipinski definition) is 1. The van der Waals surface area contributed by atoms with Crippen molar-refractivity contribution < 1.29 is 4.79 Å². The first-order valence-corrected chi connectivity index (χ1v) is 11.2. The normalized spacial score (nSPS) is 13.2. The highest BCUT2D eigenvalue weighted by Gasteiger charge is 2.22. The maximum Gasteiger partial charge on any atom is 0.317 e. The fraction of sp³-hybridized carbons (Fsp3) is 0.409. The maximum absolute atomic E-state index is 12.9. The Labute approximate surface area is 182 Å². The second-order valence-electron chi connectivity index (χ2n) is 7.20. The number of thiophene rings is 1. The van der Waals surface area contributed by atoms with Gasteiger partial charge < -0.3 is 10.2 Å². The van der Waals surface area contributed by atoms with E-state index in [0.29, 0.717) is 6.54 Å². The predicted octanol–water partition coefficient (Wildman–Crippen LogP) is 4.11. The summed E-state index contributed by atoms with van der Waals surface area (Å²) >= 11 is 1.69. The molecule has 0 aliphatic heterocycles. The Morgan fingerprint density at radius 1 is 1.17 bits per heavy atom. The van der Waals surface area contributed by atoms with E-state index in [2.05, 4.69) is 51.0 Å². The molecule has 1 N–H and O–H groups in total. The van der Waals surface area contributed by atoms with Gasteiger partial charge in [-0.25, -0.2) is 14.5 Å². The number of carbonyl (C=O) groups excluding carboxylic acids is 1. The molecule has 0 bridgehead atoms. The lowest BCUT2D eigenvalue weighted by atomic mass is 10.1. The fourth-order valence-corrected chi connectivity index (χ4v) is 4.25. The molecule has 0 saturated carbocycles. The van der Waals surface area contributed by atoms with E-state index in [-0.39, 0.29) is 18.1 Å². The number of aromatic nitrogens is 3. The molecule has 1 aromatic carbocycles. The molecule has 2 amide bonds. The largest absolute Gasteiger partial charge is 0.336 e. The Hall–Kier alpha value is -2.71. The van der Waals surface area contributed by atoms with Crippen LogP contribution in [-0.2, 0) is 0 Å². The van der Waals surface area contributed by atoms with Crippen molar-refractivity contribution in [1.82, 2.24) is 29.9 Å². The van der Waals surface area contributed by atoms with Gasteiger partial charge >= 0.3 is 6.03 Å². The zero-order valence-electron chi connectivity index (χ0n) is 18.0. The van der Waals surface area contributed by atoms with Crippen LogP contribution in [0.4, 0.5) is 4.79 Å². The number of hydrogen-bond acceptors (Lipinski definition) is 5. The van der Waals surface area contributed by atoms with Crippen molar-refractivity contribution in [3.05, 3.63) is 64.9 Å². The highest BCUT2D eigenvalue weighted by atomic mass is 32.1. The number of nitrogens with one attached hydrogen (secondary N) is 1. The highest BCUT2D eigenvalue weighted by molar-refractivity contribution is 7.07. The Balaban J connectivity index is 1.62. The second-order valence-corrected chi connectivity index (χ2v) is 7.98. The standard InChI is InChI=1S/C22H30N6OS/c1-5-27(6-2)21(19-11-12-30-14-19)13-24-22(29)26(4)17(3)18-7-9-20(10-8-18)28-16-23-15-25-28/h7-12,14-17,21H,5-6,13H2,1-4H3,(H,24,29). The number of amides is 2. The number of rotatable bonds is 9. The van der Waals surface area contributed by atoms with Gasteiger partial charge in [-0.2, -0.15) is 16.4 Å². The van der Waals surface area contributed by atoms with E-state index in [1.807, 2.05) is 38.2 Å².